The second-order valence-electron chi connectivity index (χ2n) is 19.4. The summed E-state index contributed by atoms with van der Waals surface area (Å²) in [6, 6.07) is -17.3. The lowest BCUT2D eigenvalue weighted by atomic mass is 10.0. The Kier molecular flexibility index (Phi) is 33.7. The summed E-state index contributed by atoms with van der Waals surface area (Å²) in [6.45, 7) is 3.28. The summed E-state index contributed by atoms with van der Waals surface area (Å²) in [7, 11) is 0. The van der Waals surface area contributed by atoms with E-state index in [2.05, 4.69) is 53.2 Å². The molecule has 11 atom stereocenters. The van der Waals surface area contributed by atoms with E-state index in [0.717, 1.165) is 6.92 Å². The van der Waals surface area contributed by atoms with Crippen LogP contribution < -0.4 is 76.1 Å². The number of carbonyl (C=O) groups is 17. The van der Waals surface area contributed by atoms with E-state index in [4.69, 9.17) is 33.1 Å². The van der Waals surface area contributed by atoms with Gasteiger partial charge in [-0.05, 0) is 58.3 Å². The van der Waals surface area contributed by atoms with Crippen LogP contribution in [-0.4, -0.2) is 211 Å². The third kappa shape index (κ3) is 30.6. The van der Waals surface area contributed by atoms with Crippen molar-refractivity contribution in [2.24, 2.45) is 28.9 Å². The first-order valence-electron chi connectivity index (χ1n) is 25.8. The van der Waals surface area contributed by atoms with E-state index >= 15 is 0 Å². The summed E-state index contributed by atoms with van der Waals surface area (Å²) in [5, 5.41) is 78.4. The summed E-state index contributed by atoms with van der Waals surface area (Å²) in [6.07, 6.45) is -8.84. The van der Waals surface area contributed by atoms with Crippen LogP contribution >= 0.6 is 0 Å². The van der Waals surface area contributed by atoms with E-state index < -0.39 is 257 Å². The first-order valence-corrected chi connectivity index (χ1v) is 25.8. The first-order chi connectivity index (χ1) is 39.0. The number of hydrogen-bond donors (Lipinski definition) is 20. The average molecular weight is 1210 g/mol. The zero-order chi connectivity index (χ0) is 64.7. The van der Waals surface area contributed by atoms with Crippen molar-refractivity contribution in [3.63, 3.8) is 0 Å². The van der Waals surface area contributed by atoms with Crippen LogP contribution in [0.4, 0.5) is 0 Å². The van der Waals surface area contributed by atoms with Gasteiger partial charge in [0.05, 0.1) is 25.7 Å². The lowest BCUT2D eigenvalue weighted by Crippen LogP contribution is -2.61. The number of carbonyl (C=O) groups excluding carboxylic acids is 13. The number of rotatable bonds is 42. The maximum atomic E-state index is 13.8. The van der Waals surface area contributed by atoms with Crippen LogP contribution in [0.3, 0.4) is 0 Å². The van der Waals surface area contributed by atoms with Crippen molar-refractivity contribution >= 4 is 101 Å². The van der Waals surface area contributed by atoms with E-state index in [9.17, 15) is 102 Å². The molecule has 37 nitrogen and oxygen atoms in total. The number of aliphatic hydroxyl groups excluding tert-OH is 2. The number of nitrogens with one attached hydrogen (secondary N) is 10. The molecule has 0 aliphatic carbocycles. The standard InChI is InChI=1S/C47H76N14O23/c1-19(2)15-27(44(81)61-29(18-62)46(83)60-28(16-31(49)65)45(82)57-25(8-13-35(71)72)41(78)54-22(38(51)75)6-11-33(67)68)59-43(80)24(7-12-34(69)70)55-39(76)20(3)53-32(66)17-52-40(77)23(5-10-30(48)64)56-42(79)26(9-14-36(73)74)58-47(84)37(50)21(4)63/h19-29,37,62-63H,5-18,50H2,1-4H3,(H2,48,64)(H2,49,65)(H2,51,75)(H,52,77)(H,53,66)(H,54,78)(H,55,76)(H,56,79)(H,57,82)(H,58,84)(H,59,80)(H,60,83)(H,61,81)(H,67,68)(H,69,70)(H,71,72)(H,73,74)/t20-,21+,22-,23-,24-,25-,26-,27-,28-,29-,37-/m0/s1. The normalized spacial score (nSPS) is 14.8. The Morgan fingerprint density at radius 2 is 0.726 bits per heavy atom. The van der Waals surface area contributed by atoms with Crippen LogP contribution in [0.5, 0.6) is 0 Å². The highest BCUT2D eigenvalue weighted by atomic mass is 16.4. The summed E-state index contributed by atoms with van der Waals surface area (Å²) < 4.78 is 0. The Bertz CT molecular complexity index is 2420. The number of nitrogens with two attached hydrogens (primary N) is 4. The van der Waals surface area contributed by atoms with Crippen LogP contribution in [0.15, 0.2) is 0 Å². The average Bonchev–Trinajstić information content (AvgIpc) is 3.39. The van der Waals surface area contributed by atoms with Gasteiger partial charge in [-0.3, -0.25) is 81.5 Å². The fourth-order valence-corrected chi connectivity index (χ4v) is 7.09. The van der Waals surface area contributed by atoms with Crippen LogP contribution in [0.2, 0.25) is 0 Å². The van der Waals surface area contributed by atoms with Gasteiger partial charge >= 0.3 is 23.9 Å². The van der Waals surface area contributed by atoms with E-state index in [1.807, 2.05) is 0 Å². The minimum Gasteiger partial charge on any atom is -0.481 e. The van der Waals surface area contributed by atoms with Crippen molar-refractivity contribution in [1.82, 2.24) is 53.2 Å². The van der Waals surface area contributed by atoms with Crippen molar-refractivity contribution in [2.75, 3.05) is 13.2 Å². The third-order valence-electron chi connectivity index (χ3n) is 11.7. The second kappa shape index (κ2) is 37.8. The minimum atomic E-state index is -2.01. The molecule has 0 unspecified atom stereocenters. The van der Waals surface area contributed by atoms with E-state index in [-0.39, 0.29) is 6.42 Å². The molecule has 0 aromatic rings. The molecular formula is C47H76N14O23. The molecule has 0 aliphatic heterocycles. The van der Waals surface area contributed by atoms with Crippen molar-refractivity contribution in [2.45, 2.75) is 171 Å². The van der Waals surface area contributed by atoms with Crippen molar-refractivity contribution in [1.29, 1.82) is 0 Å². The van der Waals surface area contributed by atoms with Crippen molar-refractivity contribution in [3.05, 3.63) is 0 Å². The van der Waals surface area contributed by atoms with E-state index in [1.165, 1.54) is 6.92 Å². The molecule has 0 heterocycles. The Balaban J connectivity index is 6.33. The van der Waals surface area contributed by atoms with E-state index in [0.29, 0.717) is 0 Å². The molecule has 472 valence electrons. The summed E-state index contributed by atoms with van der Waals surface area (Å²) in [5.41, 5.74) is 21.3. The number of amides is 13. The lowest BCUT2D eigenvalue weighted by Gasteiger charge is -2.27. The van der Waals surface area contributed by atoms with E-state index in [1.54, 1.807) is 13.8 Å². The zero-order valence-corrected chi connectivity index (χ0v) is 46.3. The van der Waals surface area contributed by atoms with Crippen LogP contribution in [0.1, 0.15) is 105 Å². The largest absolute Gasteiger partial charge is 0.481 e. The molecule has 0 aromatic heterocycles. The van der Waals surface area contributed by atoms with Crippen molar-refractivity contribution in [3.8, 4) is 0 Å². The molecule has 24 N–H and O–H groups in total. The molecule has 0 saturated carbocycles. The van der Waals surface area contributed by atoms with Gasteiger partial charge in [0.25, 0.3) is 0 Å². The van der Waals surface area contributed by atoms with Crippen LogP contribution in [0.25, 0.3) is 0 Å². The number of aliphatic carboxylic acids is 4. The number of carboxylic acids is 4. The Morgan fingerprint density at radius 1 is 0.393 bits per heavy atom. The third-order valence-corrected chi connectivity index (χ3v) is 11.7. The number of carboxylic acid groups (broad SMARTS) is 4. The van der Waals surface area contributed by atoms with Gasteiger partial charge in [0.1, 0.15) is 60.4 Å². The molecule has 13 amide bonds. The second-order valence-corrected chi connectivity index (χ2v) is 19.4. The Labute approximate surface area is 478 Å². The molecule has 84 heavy (non-hydrogen) atoms. The number of hydrogen-bond acceptors (Lipinski definition) is 20. The lowest BCUT2D eigenvalue weighted by molar-refractivity contribution is -0.140. The maximum absolute atomic E-state index is 13.8. The topological polar surface area (TPSA) is 636 Å². The van der Waals surface area contributed by atoms with Gasteiger partial charge < -0.3 is 107 Å². The van der Waals surface area contributed by atoms with Gasteiger partial charge in [-0.15, -0.1) is 0 Å². The quantitative estimate of drug-likeness (QED) is 0.0270. The highest BCUT2D eigenvalue weighted by molar-refractivity contribution is 6.00. The van der Waals surface area contributed by atoms with Gasteiger partial charge in [-0.2, -0.15) is 0 Å². The SMILES string of the molecule is CC(C)C[C@H](NC(=O)[C@H](CCC(=O)O)NC(=O)[C@H](C)NC(=O)CNC(=O)[C@H](CCC(N)=O)NC(=O)[C@H](CCC(=O)O)NC(=O)[C@@H](N)[C@@H](C)O)C(=O)N[C@@H](CO)C(=O)N[C@@H](CC(N)=O)C(=O)N[C@@H](CCC(=O)O)C(=O)N[C@@H](CCC(=O)O)C(N)=O. The van der Waals surface area contributed by atoms with Gasteiger partial charge in [0.15, 0.2) is 0 Å². The molecule has 0 radical (unpaired) electrons. The van der Waals surface area contributed by atoms with Gasteiger partial charge in [-0.1, -0.05) is 13.8 Å². The predicted molar refractivity (Wildman–Crippen MR) is 281 cm³/mol. The summed E-state index contributed by atoms with van der Waals surface area (Å²) >= 11 is 0. The fourth-order valence-electron chi connectivity index (χ4n) is 7.09. The highest BCUT2D eigenvalue weighted by Crippen LogP contribution is 2.10. The Hall–Kier alpha value is -9.13. The monoisotopic (exact) mass is 1200 g/mol. The molecule has 0 bridgehead atoms. The first kappa shape index (κ1) is 74.9. The Morgan fingerprint density at radius 3 is 1.12 bits per heavy atom. The molecule has 0 aromatic carbocycles. The molecule has 0 rings (SSSR count). The number of primary amides is 3. The van der Waals surface area contributed by atoms with Gasteiger partial charge in [0.2, 0.25) is 76.8 Å². The number of aliphatic hydroxyl groups is 2. The van der Waals surface area contributed by atoms with Crippen LogP contribution in [-0.2, 0) is 81.5 Å². The smallest absolute Gasteiger partial charge is 0.303 e. The molecule has 37 heteroatoms. The molecule has 0 aliphatic rings. The van der Waals surface area contributed by atoms with Crippen LogP contribution in [0, 0.1) is 5.92 Å². The molecule has 0 saturated heterocycles. The fraction of sp³-hybridized carbons (Fsp3) is 0.638. The summed E-state index contributed by atoms with van der Waals surface area (Å²) in [4.78, 5) is 214. The molecule has 0 spiro atoms. The maximum Gasteiger partial charge on any atom is 0.303 e. The summed E-state index contributed by atoms with van der Waals surface area (Å²) in [5.74, 6) is -21.4. The van der Waals surface area contributed by atoms with Gasteiger partial charge in [-0.25, -0.2) is 0 Å². The van der Waals surface area contributed by atoms with Gasteiger partial charge in [0, 0.05) is 32.1 Å². The highest BCUT2D eigenvalue weighted by Gasteiger charge is 2.36. The zero-order valence-electron chi connectivity index (χ0n) is 46.3. The predicted octanol–water partition coefficient (Wildman–Crippen LogP) is -9.68. The minimum absolute atomic E-state index is 0.234. The molecular weight excluding hydrogens is 1130 g/mol. The van der Waals surface area contributed by atoms with Crippen molar-refractivity contribution < 1.29 is 112 Å². The molecule has 0 fully saturated rings.